The van der Waals surface area contributed by atoms with Gasteiger partial charge in [-0.2, -0.15) is 0 Å². The summed E-state index contributed by atoms with van der Waals surface area (Å²) in [5.74, 6) is -2.18. The number of alkyl halides is 3. The van der Waals surface area contributed by atoms with E-state index < -0.39 is 23.9 Å². The molecule has 1 heterocycles. The van der Waals surface area contributed by atoms with Crippen LogP contribution in [-0.4, -0.2) is 57.3 Å². The van der Waals surface area contributed by atoms with Gasteiger partial charge in [0.25, 0.3) is 0 Å². The van der Waals surface area contributed by atoms with Crippen molar-refractivity contribution in [2.24, 2.45) is 0 Å². The molecule has 0 saturated heterocycles. The molecule has 7 nitrogen and oxygen atoms in total. The van der Waals surface area contributed by atoms with E-state index in [0.717, 1.165) is 30.7 Å². The van der Waals surface area contributed by atoms with E-state index >= 15 is 0 Å². The number of halogens is 3. The Hall–Kier alpha value is -3.27. The van der Waals surface area contributed by atoms with Crippen molar-refractivity contribution < 1.29 is 27.5 Å². The molecule has 2 N–H and O–H groups in total. The first kappa shape index (κ1) is 23.4. The summed E-state index contributed by atoms with van der Waals surface area (Å²) in [4.78, 5) is 28.6. The highest BCUT2D eigenvalue weighted by Crippen LogP contribution is 2.30. The lowest BCUT2D eigenvalue weighted by Crippen LogP contribution is -2.40. The van der Waals surface area contributed by atoms with E-state index in [0.29, 0.717) is 0 Å². The van der Waals surface area contributed by atoms with Crippen LogP contribution in [0.25, 0.3) is 0 Å². The highest BCUT2D eigenvalue weighted by molar-refractivity contribution is 6.39. The molecule has 2 aromatic carbocycles. The minimum absolute atomic E-state index is 0.137. The molecule has 1 aliphatic rings. The van der Waals surface area contributed by atoms with Crippen molar-refractivity contribution in [3.8, 4) is 5.75 Å². The maximum Gasteiger partial charge on any atom is 0.573 e. The number of amides is 2. The molecule has 10 heteroatoms. The third-order valence-corrected chi connectivity index (χ3v) is 5.25. The lowest BCUT2D eigenvalue weighted by atomic mass is 10.0. The monoisotopic (exact) mass is 450 g/mol. The van der Waals surface area contributed by atoms with Gasteiger partial charge in [0.05, 0.1) is 6.04 Å². The summed E-state index contributed by atoms with van der Waals surface area (Å²) < 4.78 is 40.4. The molecule has 0 radical (unpaired) electrons. The van der Waals surface area contributed by atoms with Crippen LogP contribution in [0.3, 0.4) is 0 Å². The fraction of sp³-hybridized carbons (Fsp3) is 0.364. The van der Waals surface area contributed by atoms with E-state index in [4.69, 9.17) is 0 Å². The fourth-order valence-corrected chi connectivity index (χ4v) is 3.59. The average molecular weight is 450 g/mol. The summed E-state index contributed by atoms with van der Waals surface area (Å²) in [6, 6.07) is 10.6. The number of nitrogens with zero attached hydrogens (tertiary/aromatic N) is 2. The normalized spacial score (nSPS) is 14.2. The summed E-state index contributed by atoms with van der Waals surface area (Å²) in [5.41, 5.74) is 3.65. The highest BCUT2D eigenvalue weighted by Gasteiger charge is 2.31. The maximum absolute atomic E-state index is 12.3. The zero-order valence-electron chi connectivity index (χ0n) is 18.0. The Morgan fingerprint density at radius 1 is 1.12 bits per heavy atom. The Labute approximate surface area is 184 Å². The highest BCUT2D eigenvalue weighted by atomic mass is 19.4. The number of nitrogens with one attached hydrogen (secondary N) is 2. The van der Waals surface area contributed by atoms with Crippen LogP contribution >= 0.6 is 0 Å². The van der Waals surface area contributed by atoms with Crippen molar-refractivity contribution in [1.82, 2.24) is 10.2 Å². The summed E-state index contributed by atoms with van der Waals surface area (Å²) >= 11 is 0. The van der Waals surface area contributed by atoms with Crippen LogP contribution in [0, 0.1) is 0 Å². The lowest BCUT2D eigenvalue weighted by Gasteiger charge is -2.26. The summed E-state index contributed by atoms with van der Waals surface area (Å²) in [6.07, 6.45) is -3.84. The van der Waals surface area contributed by atoms with Crippen molar-refractivity contribution >= 4 is 23.2 Å². The van der Waals surface area contributed by atoms with E-state index in [1.807, 2.05) is 32.1 Å². The molecule has 172 valence electrons. The number of hydrogen-bond donors (Lipinski definition) is 2. The minimum atomic E-state index is -4.80. The van der Waals surface area contributed by atoms with Gasteiger partial charge in [0.2, 0.25) is 0 Å². The maximum atomic E-state index is 12.3. The van der Waals surface area contributed by atoms with Crippen LogP contribution in [0.4, 0.5) is 24.5 Å². The first-order valence-corrected chi connectivity index (χ1v) is 9.99. The van der Waals surface area contributed by atoms with Gasteiger partial charge < -0.3 is 25.2 Å². The molecule has 0 saturated carbocycles. The van der Waals surface area contributed by atoms with Gasteiger partial charge >= 0.3 is 18.2 Å². The molecule has 0 aromatic heterocycles. The van der Waals surface area contributed by atoms with Gasteiger partial charge in [-0.1, -0.05) is 12.1 Å². The predicted octanol–water partition coefficient (Wildman–Crippen LogP) is 2.94. The summed E-state index contributed by atoms with van der Waals surface area (Å²) in [6.45, 7) is 1.18. The number of carbonyl (C=O) groups excluding carboxylic acids is 2. The number of anilines is 2. The quantitative estimate of drug-likeness (QED) is 0.662. The lowest BCUT2D eigenvalue weighted by molar-refractivity contribution is -0.274. The molecule has 0 spiro atoms. The SMILES string of the molecule is CN1CCc2cc(C(CNC(=O)C(=O)Nc3ccc(OC(F)(F)F)cc3)N(C)C)ccc21. The first-order valence-electron chi connectivity index (χ1n) is 9.99. The largest absolute Gasteiger partial charge is 0.573 e. The number of hydrogen-bond acceptors (Lipinski definition) is 5. The molecule has 1 unspecified atom stereocenters. The van der Waals surface area contributed by atoms with Crippen molar-refractivity contribution in [2.45, 2.75) is 18.8 Å². The van der Waals surface area contributed by atoms with Crippen LogP contribution in [0.1, 0.15) is 17.2 Å². The third-order valence-electron chi connectivity index (χ3n) is 5.25. The summed E-state index contributed by atoms with van der Waals surface area (Å²) in [5, 5.41) is 4.98. The Balaban J connectivity index is 1.58. The van der Waals surface area contributed by atoms with E-state index in [-0.39, 0.29) is 18.3 Å². The van der Waals surface area contributed by atoms with Crippen molar-refractivity contribution in [1.29, 1.82) is 0 Å². The molecular formula is C22H25F3N4O3. The molecule has 1 atom stereocenters. The average Bonchev–Trinajstić information content (AvgIpc) is 3.08. The zero-order chi connectivity index (χ0) is 23.5. The second-order valence-corrected chi connectivity index (χ2v) is 7.78. The molecule has 0 aliphatic carbocycles. The second-order valence-electron chi connectivity index (χ2n) is 7.78. The Morgan fingerprint density at radius 3 is 2.44 bits per heavy atom. The number of benzene rings is 2. The second kappa shape index (κ2) is 9.47. The number of likely N-dealkylation sites (N-methyl/N-ethyl adjacent to an activating group) is 2. The topological polar surface area (TPSA) is 73.9 Å². The van der Waals surface area contributed by atoms with Gasteiger partial charge in [-0.25, -0.2) is 0 Å². The van der Waals surface area contributed by atoms with Crippen LogP contribution in [0.2, 0.25) is 0 Å². The van der Waals surface area contributed by atoms with Crippen molar-refractivity contribution in [3.63, 3.8) is 0 Å². The van der Waals surface area contributed by atoms with E-state index in [2.05, 4.69) is 32.4 Å². The zero-order valence-corrected chi connectivity index (χ0v) is 18.0. The smallest absolute Gasteiger partial charge is 0.406 e. The van der Waals surface area contributed by atoms with Crippen LogP contribution in [-0.2, 0) is 16.0 Å². The number of carbonyl (C=O) groups is 2. The Kier molecular flexibility index (Phi) is 6.93. The molecule has 2 amide bonds. The number of ether oxygens (including phenoxy) is 1. The standard InChI is InChI=1S/C22H25F3N4O3/c1-28(2)19(14-4-9-18-15(12-14)10-11-29(18)3)13-26-20(30)21(31)27-16-5-7-17(8-6-16)32-22(23,24)25/h4-9,12,19H,10-11,13H2,1-3H3,(H,26,30)(H,27,31). The first-order chi connectivity index (χ1) is 15.0. The van der Waals surface area contributed by atoms with Gasteiger partial charge in [0.1, 0.15) is 5.75 Å². The van der Waals surface area contributed by atoms with Crippen molar-refractivity contribution in [2.75, 3.05) is 44.4 Å². The van der Waals surface area contributed by atoms with Gasteiger partial charge in [0, 0.05) is 31.5 Å². The predicted molar refractivity (Wildman–Crippen MR) is 115 cm³/mol. The van der Waals surface area contributed by atoms with E-state index in [1.165, 1.54) is 23.4 Å². The van der Waals surface area contributed by atoms with E-state index in [1.54, 1.807) is 0 Å². The minimum Gasteiger partial charge on any atom is -0.406 e. The molecule has 3 rings (SSSR count). The van der Waals surface area contributed by atoms with Gasteiger partial charge in [-0.05, 0) is 62.0 Å². The summed E-state index contributed by atoms with van der Waals surface area (Å²) in [7, 11) is 5.83. The molecule has 0 bridgehead atoms. The molecule has 32 heavy (non-hydrogen) atoms. The van der Waals surface area contributed by atoms with Gasteiger partial charge in [-0.15, -0.1) is 13.2 Å². The van der Waals surface area contributed by atoms with Crippen LogP contribution in [0.5, 0.6) is 5.75 Å². The third kappa shape index (κ3) is 5.91. The Morgan fingerprint density at radius 2 is 1.81 bits per heavy atom. The van der Waals surface area contributed by atoms with Crippen molar-refractivity contribution in [3.05, 3.63) is 53.6 Å². The van der Waals surface area contributed by atoms with Crippen LogP contribution in [0.15, 0.2) is 42.5 Å². The number of fused-ring (bicyclic) bond motifs is 1. The molecule has 1 aliphatic heterocycles. The van der Waals surface area contributed by atoms with Gasteiger partial charge in [-0.3, -0.25) is 9.59 Å². The number of rotatable bonds is 6. The molecule has 2 aromatic rings. The van der Waals surface area contributed by atoms with Gasteiger partial charge in [0.15, 0.2) is 0 Å². The van der Waals surface area contributed by atoms with E-state index in [9.17, 15) is 22.8 Å². The molecule has 0 fully saturated rings. The molecular weight excluding hydrogens is 425 g/mol. The Bertz CT molecular complexity index is 977. The van der Waals surface area contributed by atoms with Crippen LogP contribution < -0.4 is 20.3 Å². The fourth-order valence-electron chi connectivity index (χ4n) is 3.59.